The number of amides is 1. The maximum Gasteiger partial charge on any atom is 0.251 e. The van der Waals surface area contributed by atoms with Crippen LogP contribution in [0.5, 0.6) is 17.2 Å². The van der Waals surface area contributed by atoms with Gasteiger partial charge in [-0.2, -0.15) is 0 Å². The lowest BCUT2D eigenvalue weighted by atomic mass is 10.1. The fourth-order valence-electron chi connectivity index (χ4n) is 2.80. The van der Waals surface area contributed by atoms with Crippen molar-refractivity contribution in [3.05, 3.63) is 83.7 Å². The SMILES string of the molecule is CCOc1cc(C(=O)NCc2ccccc2OC)ccc1OCc1ccncc1. The number of pyridine rings is 1. The van der Waals surface area contributed by atoms with Gasteiger partial charge in [0.15, 0.2) is 11.5 Å². The highest BCUT2D eigenvalue weighted by Gasteiger charge is 2.13. The molecule has 6 heteroatoms. The van der Waals surface area contributed by atoms with Gasteiger partial charge in [-0.05, 0) is 48.9 Å². The van der Waals surface area contributed by atoms with Gasteiger partial charge in [-0.15, -0.1) is 0 Å². The second-order valence-corrected chi connectivity index (χ2v) is 6.23. The molecule has 29 heavy (non-hydrogen) atoms. The van der Waals surface area contributed by atoms with Crippen LogP contribution >= 0.6 is 0 Å². The van der Waals surface area contributed by atoms with Crippen LogP contribution in [0.25, 0.3) is 0 Å². The average molecular weight is 392 g/mol. The van der Waals surface area contributed by atoms with Crippen molar-refractivity contribution < 1.29 is 19.0 Å². The molecule has 0 saturated carbocycles. The van der Waals surface area contributed by atoms with Crippen molar-refractivity contribution in [3.8, 4) is 17.2 Å². The van der Waals surface area contributed by atoms with Crippen LogP contribution in [0.3, 0.4) is 0 Å². The van der Waals surface area contributed by atoms with Gasteiger partial charge in [0.2, 0.25) is 0 Å². The molecule has 1 amide bonds. The standard InChI is InChI=1S/C23H24N2O4/c1-3-28-22-14-18(8-9-21(22)29-16-17-10-12-24-13-11-17)23(26)25-15-19-6-4-5-7-20(19)27-2/h4-14H,3,15-16H2,1-2H3,(H,25,26). The van der Waals surface area contributed by atoms with Crippen LogP contribution in [0.2, 0.25) is 0 Å². The summed E-state index contributed by atoms with van der Waals surface area (Å²) in [6.45, 7) is 3.12. The fraction of sp³-hybridized carbons (Fsp3) is 0.217. The van der Waals surface area contributed by atoms with Gasteiger partial charge in [-0.1, -0.05) is 18.2 Å². The number of rotatable bonds is 9. The molecule has 0 radical (unpaired) electrons. The van der Waals surface area contributed by atoms with Crippen molar-refractivity contribution in [3.63, 3.8) is 0 Å². The van der Waals surface area contributed by atoms with E-state index in [0.29, 0.717) is 36.8 Å². The molecule has 6 nitrogen and oxygen atoms in total. The van der Waals surface area contributed by atoms with Gasteiger partial charge in [-0.3, -0.25) is 9.78 Å². The van der Waals surface area contributed by atoms with Crippen molar-refractivity contribution >= 4 is 5.91 Å². The zero-order valence-corrected chi connectivity index (χ0v) is 16.6. The first-order valence-electron chi connectivity index (χ1n) is 9.40. The van der Waals surface area contributed by atoms with Crippen molar-refractivity contribution in [2.45, 2.75) is 20.1 Å². The summed E-state index contributed by atoms with van der Waals surface area (Å²) in [5.41, 5.74) is 2.41. The van der Waals surface area contributed by atoms with Gasteiger partial charge in [-0.25, -0.2) is 0 Å². The van der Waals surface area contributed by atoms with Crippen molar-refractivity contribution in [2.75, 3.05) is 13.7 Å². The van der Waals surface area contributed by atoms with Crippen LogP contribution < -0.4 is 19.5 Å². The quantitative estimate of drug-likeness (QED) is 0.596. The van der Waals surface area contributed by atoms with E-state index in [1.165, 1.54) is 0 Å². The van der Waals surface area contributed by atoms with Crippen LogP contribution in [0.1, 0.15) is 28.4 Å². The molecule has 150 valence electrons. The van der Waals surface area contributed by atoms with Gasteiger partial charge in [0, 0.05) is 30.1 Å². The summed E-state index contributed by atoms with van der Waals surface area (Å²) in [5.74, 6) is 1.66. The van der Waals surface area contributed by atoms with Crippen molar-refractivity contribution in [2.24, 2.45) is 0 Å². The van der Waals surface area contributed by atoms with Crippen LogP contribution in [0, 0.1) is 0 Å². The molecule has 0 spiro atoms. The Balaban J connectivity index is 1.68. The Morgan fingerprint density at radius 1 is 0.966 bits per heavy atom. The number of hydrogen-bond donors (Lipinski definition) is 1. The average Bonchev–Trinajstić information content (AvgIpc) is 2.77. The number of nitrogens with zero attached hydrogens (tertiary/aromatic N) is 1. The first-order valence-corrected chi connectivity index (χ1v) is 9.40. The molecule has 2 aromatic carbocycles. The number of carbonyl (C=O) groups is 1. The molecule has 0 aliphatic carbocycles. The van der Waals surface area contributed by atoms with Crippen molar-refractivity contribution in [1.82, 2.24) is 10.3 Å². The van der Waals surface area contributed by atoms with Gasteiger partial charge in [0.1, 0.15) is 12.4 Å². The van der Waals surface area contributed by atoms with Gasteiger partial charge >= 0.3 is 0 Å². The van der Waals surface area contributed by atoms with E-state index in [1.807, 2.05) is 43.3 Å². The van der Waals surface area contributed by atoms with Crippen molar-refractivity contribution in [1.29, 1.82) is 0 Å². The number of para-hydroxylation sites is 1. The van der Waals surface area contributed by atoms with Gasteiger partial charge in [0.05, 0.1) is 13.7 Å². The minimum absolute atomic E-state index is 0.197. The summed E-state index contributed by atoms with van der Waals surface area (Å²) < 4.78 is 16.9. The van der Waals surface area contributed by atoms with Crippen LogP contribution in [0.15, 0.2) is 67.0 Å². The summed E-state index contributed by atoms with van der Waals surface area (Å²) in [6, 6.07) is 16.5. The van der Waals surface area contributed by atoms with E-state index in [1.54, 1.807) is 37.7 Å². The lowest BCUT2D eigenvalue weighted by Gasteiger charge is -2.14. The fourth-order valence-corrected chi connectivity index (χ4v) is 2.80. The third-order valence-corrected chi connectivity index (χ3v) is 4.28. The first kappa shape index (κ1) is 20.2. The molecule has 0 fully saturated rings. The second kappa shape index (κ2) is 10.1. The molecular formula is C23H24N2O4. The first-order chi connectivity index (χ1) is 14.2. The Labute approximate surface area is 170 Å². The van der Waals surface area contributed by atoms with Gasteiger partial charge in [0.25, 0.3) is 5.91 Å². The predicted molar refractivity (Wildman–Crippen MR) is 110 cm³/mol. The third kappa shape index (κ3) is 5.48. The highest BCUT2D eigenvalue weighted by molar-refractivity contribution is 5.94. The zero-order chi connectivity index (χ0) is 20.5. The number of methoxy groups -OCH3 is 1. The lowest BCUT2D eigenvalue weighted by Crippen LogP contribution is -2.23. The molecule has 1 aromatic heterocycles. The smallest absolute Gasteiger partial charge is 0.251 e. The predicted octanol–water partition coefficient (Wildman–Crippen LogP) is 4.00. The zero-order valence-electron chi connectivity index (χ0n) is 16.6. The molecular weight excluding hydrogens is 368 g/mol. The van der Waals surface area contributed by atoms with E-state index in [2.05, 4.69) is 10.3 Å². The van der Waals surface area contributed by atoms with E-state index >= 15 is 0 Å². The topological polar surface area (TPSA) is 69.7 Å². The highest BCUT2D eigenvalue weighted by Crippen LogP contribution is 2.29. The Hall–Kier alpha value is -3.54. The second-order valence-electron chi connectivity index (χ2n) is 6.23. The summed E-state index contributed by atoms with van der Waals surface area (Å²) in [4.78, 5) is 16.6. The molecule has 1 N–H and O–H groups in total. The Bertz CT molecular complexity index is 945. The van der Waals surface area contributed by atoms with Crippen LogP contribution in [-0.2, 0) is 13.2 Å². The number of nitrogens with one attached hydrogen (secondary N) is 1. The van der Waals surface area contributed by atoms with E-state index in [4.69, 9.17) is 14.2 Å². The molecule has 3 rings (SSSR count). The van der Waals surface area contributed by atoms with Crippen LogP contribution in [-0.4, -0.2) is 24.6 Å². The molecule has 1 heterocycles. The third-order valence-electron chi connectivity index (χ3n) is 4.28. The van der Waals surface area contributed by atoms with E-state index in [0.717, 1.165) is 16.9 Å². The lowest BCUT2D eigenvalue weighted by molar-refractivity contribution is 0.0950. The molecule has 0 saturated heterocycles. The molecule has 0 aliphatic heterocycles. The summed E-state index contributed by atoms with van der Waals surface area (Å²) >= 11 is 0. The highest BCUT2D eigenvalue weighted by atomic mass is 16.5. The van der Waals surface area contributed by atoms with Crippen LogP contribution in [0.4, 0.5) is 0 Å². The molecule has 0 bridgehead atoms. The summed E-state index contributed by atoms with van der Waals surface area (Å²) in [7, 11) is 1.61. The number of benzene rings is 2. The summed E-state index contributed by atoms with van der Waals surface area (Å²) in [5, 5.41) is 2.91. The molecule has 0 atom stereocenters. The monoisotopic (exact) mass is 392 g/mol. The molecule has 0 unspecified atom stereocenters. The number of aromatic nitrogens is 1. The minimum Gasteiger partial charge on any atom is -0.496 e. The van der Waals surface area contributed by atoms with Gasteiger partial charge < -0.3 is 19.5 Å². The minimum atomic E-state index is -0.197. The Morgan fingerprint density at radius 3 is 2.52 bits per heavy atom. The van der Waals surface area contributed by atoms with E-state index in [9.17, 15) is 4.79 Å². The number of hydrogen-bond acceptors (Lipinski definition) is 5. The Kier molecular flexibility index (Phi) is 7.05. The summed E-state index contributed by atoms with van der Waals surface area (Å²) in [6.07, 6.45) is 3.44. The maximum atomic E-state index is 12.6. The van der Waals surface area contributed by atoms with E-state index in [-0.39, 0.29) is 5.91 Å². The number of ether oxygens (including phenoxy) is 3. The molecule has 3 aromatic rings. The maximum absolute atomic E-state index is 12.6. The normalized spacial score (nSPS) is 10.3. The molecule has 0 aliphatic rings. The van der Waals surface area contributed by atoms with E-state index < -0.39 is 0 Å². The number of carbonyl (C=O) groups excluding carboxylic acids is 1. The largest absolute Gasteiger partial charge is 0.496 e. The Morgan fingerprint density at radius 2 is 1.76 bits per heavy atom.